The van der Waals surface area contributed by atoms with Crippen LogP contribution in [0.15, 0.2) is 75.4 Å². The third-order valence-electron chi connectivity index (χ3n) is 4.94. The SMILES string of the molecule is Cc1ccc(Sc2ccc(/C=C3\SC(=O)N(Cc4ccc(Cl)cc4Cl)C3=O)cc2[N+](=O)[O-])cc1. The number of aryl methyl sites for hydroxylation is 1. The lowest BCUT2D eigenvalue weighted by Gasteiger charge is -2.13. The Morgan fingerprint density at radius 3 is 2.47 bits per heavy atom. The van der Waals surface area contributed by atoms with Crippen molar-refractivity contribution in [2.45, 2.75) is 23.3 Å². The molecule has 2 amide bonds. The molecule has 0 atom stereocenters. The minimum Gasteiger partial charge on any atom is -0.268 e. The average molecular weight is 531 g/mol. The normalized spacial score (nSPS) is 14.8. The lowest BCUT2D eigenvalue weighted by molar-refractivity contribution is -0.387. The van der Waals surface area contributed by atoms with E-state index in [4.69, 9.17) is 23.2 Å². The summed E-state index contributed by atoms with van der Waals surface area (Å²) in [6, 6.07) is 17.3. The summed E-state index contributed by atoms with van der Waals surface area (Å²) in [5, 5.41) is 12.1. The van der Waals surface area contributed by atoms with Crippen molar-refractivity contribution in [1.82, 2.24) is 4.90 Å². The second kappa shape index (κ2) is 10.2. The number of carbonyl (C=O) groups excluding carboxylic acids is 2. The molecule has 172 valence electrons. The van der Waals surface area contributed by atoms with Crippen LogP contribution in [0.4, 0.5) is 10.5 Å². The molecule has 34 heavy (non-hydrogen) atoms. The number of hydrogen-bond acceptors (Lipinski definition) is 6. The number of nitrogens with zero attached hydrogens (tertiary/aromatic N) is 2. The summed E-state index contributed by atoms with van der Waals surface area (Å²) in [7, 11) is 0. The van der Waals surface area contributed by atoms with Gasteiger partial charge in [-0.05, 0) is 66.2 Å². The number of nitro benzene ring substituents is 1. The molecule has 0 N–H and O–H groups in total. The first-order valence-electron chi connectivity index (χ1n) is 9.93. The second-order valence-corrected chi connectivity index (χ2v) is 10.4. The molecule has 1 fully saturated rings. The van der Waals surface area contributed by atoms with E-state index in [0.717, 1.165) is 27.1 Å². The van der Waals surface area contributed by atoms with Gasteiger partial charge in [0.2, 0.25) is 0 Å². The fourth-order valence-corrected chi connectivity index (χ4v) is 5.40. The topological polar surface area (TPSA) is 80.5 Å². The van der Waals surface area contributed by atoms with Crippen LogP contribution in [0, 0.1) is 17.0 Å². The highest BCUT2D eigenvalue weighted by molar-refractivity contribution is 8.18. The van der Waals surface area contributed by atoms with Crippen LogP contribution in [0.3, 0.4) is 0 Å². The summed E-state index contributed by atoms with van der Waals surface area (Å²) in [5.41, 5.74) is 2.06. The Balaban J connectivity index is 1.57. The first-order chi connectivity index (χ1) is 16.2. The van der Waals surface area contributed by atoms with E-state index in [1.54, 1.807) is 30.3 Å². The molecule has 0 spiro atoms. The molecule has 3 aromatic rings. The van der Waals surface area contributed by atoms with Gasteiger partial charge in [0.05, 0.1) is 21.3 Å². The molecule has 1 aliphatic rings. The predicted molar refractivity (Wildman–Crippen MR) is 136 cm³/mol. The summed E-state index contributed by atoms with van der Waals surface area (Å²) in [6.45, 7) is 1.97. The minimum absolute atomic E-state index is 0.00425. The van der Waals surface area contributed by atoms with Gasteiger partial charge in [-0.1, -0.05) is 64.8 Å². The van der Waals surface area contributed by atoms with Crippen molar-refractivity contribution in [3.05, 3.63) is 102 Å². The molecule has 10 heteroatoms. The fraction of sp³-hybridized carbons (Fsp3) is 0.0833. The van der Waals surface area contributed by atoms with E-state index in [2.05, 4.69) is 0 Å². The van der Waals surface area contributed by atoms with Gasteiger partial charge in [-0.25, -0.2) is 0 Å². The van der Waals surface area contributed by atoms with E-state index in [1.807, 2.05) is 31.2 Å². The Morgan fingerprint density at radius 2 is 1.79 bits per heavy atom. The van der Waals surface area contributed by atoms with Crippen LogP contribution < -0.4 is 0 Å². The Hall–Kier alpha value is -2.78. The van der Waals surface area contributed by atoms with Crippen LogP contribution in [-0.4, -0.2) is 21.0 Å². The van der Waals surface area contributed by atoms with Gasteiger partial charge in [0, 0.05) is 21.0 Å². The molecular weight excluding hydrogens is 515 g/mol. The molecule has 0 bridgehead atoms. The van der Waals surface area contributed by atoms with Crippen molar-refractivity contribution < 1.29 is 14.5 Å². The number of nitro groups is 1. The third-order valence-corrected chi connectivity index (χ3v) is 7.51. The van der Waals surface area contributed by atoms with Gasteiger partial charge in [-0.3, -0.25) is 24.6 Å². The standard InChI is InChI=1S/C24H16Cl2N2O4S2/c1-14-2-7-18(8-3-14)33-21-9-4-15(10-20(21)28(31)32)11-22-23(29)27(24(30)34-22)13-16-5-6-17(25)12-19(16)26/h2-12H,13H2,1H3/b22-11-. The molecule has 3 aromatic carbocycles. The summed E-state index contributed by atoms with van der Waals surface area (Å²) >= 11 is 14.2. The molecule has 6 nitrogen and oxygen atoms in total. The highest BCUT2D eigenvalue weighted by atomic mass is 35.5. The molecule has 0 aliphatic carbocycles. The number of carbonyl (C=O) groups is 2. The number of rotatable bonds is 6. The molecular formula is C24H16Cl2N2O4S2. The Kier molecular flexibility index (Phi) is 7.33. The molecule has 1 heterocycles. The number of amides is 2. The molecule has 0 saturated carbocycles. The first kappa shape index (κ1) is 24.3. The van der Waals surface area contributed by atoms with Gasteiger partial charge < -0.3 is 0 Å². The Morgan fingerprint density at radius 1 is 1.06 bits per heavy atom. The third kappa shape index (κ3) is 5.47. The van der Waals surface area contributed by atoms with Crippen molar-refractivity contribution in [3.63, 3.8) is 0 Å². The Labute approximate surface area is 214 Å². The van der Waals surface area contributed by atoms with Crippen molar-refractivity contribution in [3.8, 4) is 0 Å². The molecule has 4 rings (SSSR count). The van der Waals surface area contributed by atoms with Crippen LogP contribution in [-0.2, 0) is 11.3 Å². The summed E-state index contributed by atoms with van der Waals surface area (Å²) in [6.07, 6.45) is 1.49. The summed E-state index contributed by atoms with van der Waals surface area (Å²) < 4.78 is 0. The summed E-state index contributed by atoms with van der Waals surface area (Å²) in [5.74, 6) is -0.484. The number of halogens is 2. The number of imide groups is 1. The second-order valence-electron chi connectivity index (χ2n) is 7.40. The number of benzene rings is 3. The maximum Gasteiger partial charge on any atom is 0.293 e. The van der Waals surface area contributed by atoms with Crippen molar-refractivity contribution in [2.24, 2.45) is 0 Å². The van der Waals surface area contributed by atoms with E-state index in [-0.39, 0.29) is 17.1 Å². The largest absolute Gasteiger partial charge is 0.293 e. The first-order valence-corrected chi connectivity index (χ1v) is 12.3. The van der Waals surface area contributed by atoms with Crippen molar-refractivity contribution in [1.29, 1.82) is 0 Å². The molecule has 0 radical (unpaired) electrons. The number of hydrogen-bond donors (Lipinski definition) is 0. The monoisotopic (exact) mass is 530 g/mol. The lowest BCUT2D eigenvalue weighted by atomic mass is 10.1. The van der Waals surface area contributed by atoms with Gasteiger partial charge in [0.1, 0.15) is 0 Å². The smallest absolute Gasteiger partial charge is 0.268 e. The van der Waals surface area contributed by atoms with Crippen LogP contribution in [0.2, 0.25) is 10.0 Å². The van der Waals surface area contributed by atoms with E-state index in [9.17, 15) is 19.7 Å². The molecule has 0 unspecified atom stereocenters. The highest BCUT2D eigenvalue weighted by Gasteiger charge is 2.35. The molecule has 0 aromatic heterocycles. The molecule has 1 aliphatic heterocycles. The summed E-state index contributed by atoms with van der Waals surface area (Å²) in [4.78, 5) is 39.2. The van der Waals surface area contributed by atoms with E-state index < -0.39 is 16.1 Å². The van der Waals surface area contributed by atoms with Crippen LogP contribution >= 0.6 is 46.7 Å². The zero-order chi connectivity index (χ0) is 24.4. The fourth-order valence-electron chi connectivity index (χ4n) is 3.19. The Bertz CT molecular complexity index is 1340. The van der Waals surface area contributed by atoms with E-state index in [1.165, 1.54) is 23.9 Å². The maximum atomic E-state index is 12.9. The van der Waals surface area contributed by atoms with Gasteiger partial charge in [-0.2, -0.15) is 0 Å². The van der Waals surface area contributed by atoms with Crippen LogP contribution in [0.5, 0.6) is 0 Å². The lowest BCUT2D eigenvalue weighted by Crippen LogP contribution is -2.27. The van der Waals surface area contributed by atoms with Crippen molar-refractivity contribution in [2.75, 3.05) is 0 Å². The molecule has 1 saturated heterocycles. The van der Waals surface area contributed by atoms with Gasteiger partial charge in [0.15, 0.2) is 0 Å². The zero-order valence-electron chi connectivity index (χ0n) is 17.7. The highest BCUT2D eigenvalue weighted by Crippen LogP contribution is 2.38. The van der Waals surface area contributed by atoms with Gasteiger partial charge >= 0.3 is 0 Å². The maximum absolute atomic E-state index is 12.9. The van der Waals surface area contributed by atoms with Crippen LogP contribution in [0.25, 0.3) is 6.08 Å². The van der Waals surface area contributed by atoms with Crippen LogP contribution in [0.1, 0.15) is 16.7 Å². The van der Waals surface area contributed by atoms with Gasteiger partial charge in [0.25, 0.3) is 16.8 Å². The van der Waals surface area contributed by atoms with Crippen molar-refractivity contribution >= 4 is 69.6 Å². The van der Waals surface area contributed by atoms with E-state index in [0.29, 0.717) is 26.1 Å². The van der Waals surface area contributed by atoms with E-state index >= 15 is 0 Å². The number of thioether (sulfide) groups is 1. The zero-order valence-corrected chi connectivity index (χ0v) is 20.8. The minimum atomic E-state index is -0.484. The average Bonchev–Trinajstić information content (AvgIpc) is 3.05. The van der Waals surface area contributed by atoms with Gasteiger partial charge in [-0.15, -0.1) is 0 Å². The predicted octanol–water partition coefficient (Wildman–Crippen LogP) is 7.60. The quantitative estimate of drug-likeness (QED) is 0.185.